The molecule has 30 nitrogen and oxygen atoms in total. The van der Waals surface area contributed by atoms with Gasteiger partial charge in [-0.05, 0) is 168 Å². The highest BCUT2D eigenvalue weighted by atomic mass is 32.2. The van der Waals surface area contributed by atoms with Crippen molar-refractivity contribution in [3.63, 3.8) is 0 Å². The van der Waals surface area contributed by atoms with Gasteiger partial charge in [-0.25, -0.2) is 32.7 Å². The maximum absolute atomic E-state index is 15.1. The number of rotatable bonds is 26. The van der Waals surface area contributed by atoms with Gasteiger partial charge < -0.3 is 48.0 Å². The van der Waals surface area contributed by atoms with E-state index in [0.29, 0.717) is 42.9 Å². The first-order valence-electron chi connectivity index (χ1n) is 42.5. The summed E-state index contributed by atoms with van der Waals surface area (Å²) >= 11 is 6.44. The van der Waals surface area contributed by atoms with Crippen molar-refractivity contribution in [3.05, 3.63) is 296 Å². The van der Waals surface area contributed by atoms with E-state index in [1.165, 1.54) is 64.8 Å². The van der Waals surface area contributed by atoms with Crippen LogP contribution in [0.15, 0.2) is 230 Å². The zero-order valence-corrected chi connectivity index (χ0v) is 77.3. The molecule has 3 saturated carbocycles. The van der Waals surface area contributed by atoms with Gasteiger partial charge in [0.1, 0.15) is 37.1 Å². The van der Waals surface area contributed by atoms with Gasteiger partial charge in [-0.15, -0.1) is 86.1 Å². The number of aromatic nitrogens is 12. The summed E-state index contributed by atoms with van der Waals surface area (Å²) in [5.41, 5.74) is 9.63. The second-order valence-corrected chi connectivity index (χ2v) is 41.6. The average Bonchev–Trinajstić information content (AvgIpc) is 1.62. The number of carbonyl (C=O) groups is 6. The van der Waals surface area contributed by atoms with E-state index in [1.807, 2.05) is 152 Å². The third-order valence-electron chi connectivity index (χ3n) is 22.0. The van der Waals surface area contributed by atoms with E-state index in [1.54, 1.807) is 0 Å². The minimum absolute atomic E-state index is 0.0133. The van der Waals surface area contributed by atoms with Gasteiger partial charge in [0, 0.05) is 36.7 Å². The van der Waals surface area contributed by atoms with Gasteiger partial charge in [-0.2, -0.15) is 13.2 Å². The van der Waals surface area contributed by atoms with Crippen molar-refractivity contribution in [2.75, 3.05) is 0 Å². The molecule has 41 heteroatoms. The fourth-order valence-electron chi connectivity index (χ4n) is 14.7. The number of Topliss-reactive ketones (excluding diaryl/α,β-unsaturated/α-hetero) is 1. The topological polar surface area (TPSA) is 432 Å². The molecule has 7 unspecified atom stereocenters. The number of thioether (sulfide) groups is 1. The summed E-state index contributed by atoms with van der Waals surface area (Å²) in [5, 5.41) is 45.0. The summed E-state index contributed by atoms with van der Waals surface area (Å²) in [6.45, 7) is 1.48. The lowest BCUT2D eigenvalue weighted by Crippen LogP contribution is -2.30. The number of hydrogen-bond donors (Lipinski definition) is 6. The van der Waals surface area contributed by atoms with E-state index in [0.717, 1.165) is 149 Å². The average molecular weight is 1970 g/mol. The molecular formula is C95H78F4N16O14S7. The van der Waals surface area contributed by atoms with Crippen molar-refractivity contribution in [1.82, 2.24) is 82.0 Å². The Kier molecular flexibility index (Phi) is 27.1. The van der Waals surface area contributed by atoms with E-state index < -0.39 is 78.2 Å². The molecule has 4 fully saturated rings. The Balaban J connectivity index is 0.000000121. The van der Waals surface area contributed by atoms with Crippen molar-refractivity contribution in [2.24, 2.45) is 11.8 Å². The number of nitrogens with one attached hydrogen (secondary N) is 4. The summed E-state index contributed by atoms with van der Waals surface area (Å²) in [5.74, 6) is 5.15. The lowest BCUT2D eigenvalue weighted by atomic mass is 9.85. The molecular weight excluding hydrogens is 1890 g/mol. The van der Waals surface area contributed by atoms with Gasteiger partial charge in [0.05, 0.1) is 72.2 Å². The van der Waals surface area contributed by atoms with Crippen LogP contribution in [-0.4, -0.2) is 130 Å². The molecule has 692 valence electrons. The number of ketones is 1. The summed E-state index contributed by atoms with van der Waals surface area (Å²) in [6, 6.07) is 61.2. The Bertz CT molecular complexity index is 7580. The van der Waals surface area contributed by atoms with Crippen LogP contribution >= 0.6 is 57.1 Å². The summed E-state index contributed by atoms with van der Waals surface area (Å²) in [7, 11) is -6.81. The number of benzene rings is 9. The van der Waals surface area contributed by atoms with Crippen molar-refractivity contribution in [2.45, 2.75) is 118 Å². The highest BCUT2D eigenvalue weighted by Crippen LogP contribution is 2.43. The van der Waals surface area contributed by atoms with Gasteiger partial charge in [0.15, 0.2) is 40.9 Å². The lowest BCUT2D eigenvalue weighted by molar-refractivity contribution is -0.137. The number of nitrogens with zero attached hydrogens (tertiary/aromatic N) is 12. The molecule has 136 heavy (non-hydrogen) atoms. The van der Waals surface area contributed by atoms with Gasteiger partial charge in [0.25, 0.3) is 5.91 Å². The van der Waals surface area contributed by atoms with Crippen LogP contribution in [0.2, 0.25) is 0 Å². The molecule has 0 radical (unpaired) electrons. The molecule has 8 aromatic heterocycles. The zero-order chi connectivity index (χ0) is 94.7. The molecule has 0 spiro atoms. The number of amides is 4. The summed E-state index contributed by atoms with van der Waals surface area (Å²) in [4.78, 5) is 92.2. The Morgan fingerprint density at radius 1 is 0.456 bits per heavy atom. The first-order chi connectivity index (χ1) is 65.4. The predicted octanol–water partition coefficient (Wildman–Crippen LogP) is 18.3. The number of carbonyl (C=O) groups excluding carboxylic acids is 6. The van der Waals surface area contributed by atoms with Crippen LogP contribution in [0.1, 0.15) is 171 Å². The molecule has 6 N–H and O–H groups in total. The minimum Gasteiger partial charge on any atom is -0.422 e. The van der Waals surface area contributed by atoms with Crippen molar-refractivity contribution >= 4 is 164 Å². The maximum Gasteiger partial charge on any atom is 0.416 e. The van der Waals surface area contributed by atoms with Crippen LogP contribution < -0.4 is 21.3 Å². The quantitative estimate of drug-likeness (QED) is 0.0167. The third-order valence-corrected chi connectivity index (χ3v) is 28.9. The van der Waals surface area contributed by atoms with E-state index in [4.69, 9.17) is 27.6 Å². The van der Waals surface area contributed by atoms with Crippen LogP contribution in [0, 0.1) is 17.7 Å². The lowest BCUT2D eigenvalue weighted by Gasteiger charge is -2.20. The fourth-order valence-corrected chi connectivity index (χ4v) is 20.9. The largest absolute Gasteiger partial charge is 0.422 e. The van der Waals surface area contributed by atoms with Gasteiger partial charge >= 0.3 is 6.18 Å². The molecule has 17 aromatic rings. The number of alkyl halides is 3. The molecule has 3 aliphatic carbocycles. The van der Waals surface area contributed by atoms with E-state index in [2.05, 4.69) is 114 Å². The Morgan fingerprint density at radius 2 is 0.846 bits per heavy atom. The minimum atomic E-state index is -4.54. The standard InChI is InChI=1S/C26H19F3N4O4S2.C25H19FN4O4S2.C22H20N4O4S2.C22H20N4O2S/c1-39(35,36)14-21-32-33-24(37-21)22(31-23(34)16-7-10-18(11-8-16)26(27,28)29)25-30-19-12-9-17(13-20(19)38-25)15-5-3-2-4-6-15;26-15-8-14(12-4-2-1-3-5-12)9-18-21(15)28-25(36-18)22(27-23(33)13-6-7-13)24-30-29-19(34-24)11-17-16(31)10-20(32)35-17;1-32(28,29)12-18-25-26-21(30-18)19(24-20(27)14-7-8-14)22-23-16-10-9-15(11-17(16)31-22)13-5-3-2-4-6-13;1-13(27)23-19(21-26-25-20(28-21)15-8-5-9-15)22-24-17-11-10-16(12-18(17)29-22)14-6-3-2-4-7-14/h2-13,22H,1,14H2,(H,31,34)(H,35,36);1-5,8-9,13,17,22H,6-7,10-11H2,(H,27,33);2-6,9-11,14,19H,1,7-8,12H2,(H,24,27)(H,28,29);2-4,6-7,10-12,15,19H,5,8-9H2,1H3,(H,23,27). The van der Waals surface area contributed by atoms with Crippen molar-refractivity contribution in [3.8, 4) is 44.5 Å². The molecule has 1 saturated heterocycles. The predicted molar refractivity (Wildman–Crippen MR) is 509 cm³/mol. The van der Waals surface area contributed by atoms with Gasteiger partial charge in [-0.3, -0.25) is 28.8 Å². The highest BCUT2D eigenvalue weighted by molar-refractivity contribution is 8.15. The number of thiazole rings is 4. The van der Waals surface area contributed by atoms with E-state index >= 15 is 4.39 Å². The maximum atomic E-state index is 15.1. The Labute approximate surface area is 792 Å². The second-order valence-electron chi connectivity index (χ2n) is 32.4. The molecule has 21 rings (SSSR count). The fraction of sp³-hybridized carbons (Fsp3) is 0.221. The van der Waals surface area contributed by atoms with Gasteiger partial charge in [-0.1, -0.05) is 158 Å². The molecule has 9 heterocycles. The number of halogens is 4. The van der Waals surface area contributed by atoms with Crippen LogP contribution in [0.25, 0.3) is 85.4 Å². The molecule has 1 aliphatic heterocycles. The normalized spacial score (nSPS) is 16.1. The molecule has 4 aliphatic rings. The highest BCUT2D eigenvalue weighted by Gasteiger charge is 2.40. The van der Waals surface area contributed by atoms with Crippen LogP contribution in [0.4, 0.5) is 17.6 Å². The van der Waals surface area contributed by atoms with Crippen LogP contribution in [0.3, 0.4) is 0 Å². The van der Waals surface area contributed by atoms with E-state index in [-0.39, 0.29) is 105 Å². The summed E-state index contributed by atoms with van der Waals surface area (Å²) in [6.07, 6.45) is 2.14. The van der Waals surface area contributed by atoms with Crippen LogP contribution in [-0.2, 0) is 67.7 Å². The summed E-state index contributed by atoms with van der Waals surface area (Å²) < 4.78 is 123. The second kappa shape index (κ2) is 39.7. The number of hydrogen-bond acceptors (Lipinski definition) is 29. The van der Waals surface area contributed by atoms with Crippen molar-refractivity contribution in [1.29, 1.82) is 0 Å². The number of fused-ring (bicyclic) bond motifs is 4. The Hall–Kier alpha value is -13.7. The first kappa shape index (κ1) is 92.8. The van der Waals surface area contributed by atoms with Crippen LogP contribution in [0.5, 0.6) is 0 Å². The smallest absolute Gasteiger partial charge is 0.416 e. The van der Waals surface area contributed by atoms with E-state index in [9.17, 15) is 59.5 Å². The molecule has 9 aromatic carbocycles. The van der Waals surface area contributed by atoms with Crippen molar-refractivity contribution < 1.29 is 81.5 Å². The first-order valence-corrected chi connectivity index (χ1v) is 50.3. The molecule has 4 amide bonds. The third kappa shape index (κ3) is 22.6. The SMILES string of the molecule is C=S(=O)(O)Cc1nnc(C(NC(=O)C2CC2)c2nc3ccc(-c4ccccc4)cc3s2)o1.C=S(=O)(O)Cc1nnc(C(NC(=O)c2ccc(C(F)(F)F)cc2)c2nc3ccc(-c4ccccc4)cc3s2)o1.CC(=O)NC(c1nnc(C2CCC2)o1)c1nc2ccc(-c3ccccc3)cc2s1.O=C1CC(=O)C(Cc2nnc(C(NC(=O)C3CC3)c3nc4c(F)cc(-c5ccccc5)cc4s3)o2)S1. The zero-order valence-electron chi connectivity index (χ0n) is 71.5. The monoisotopic (exact) mass is 1970 g/mol. The molecule has 7 atom stereocenters. The molecule has 0 bridgehead atoms. The van der Waals surface area contributed by atoms with Gasteiger partial charge in [0.2, 0.25) is 64.8 Å². The Morgan fingerprint density at radius 3 is 1.25 bits per heavy atom.